The van der Waals surface area contributed by atoms with Gasteiger partial charge < -0.3 is 10.8 Å². The van der Waals surface area contributed by atoms with Crippen LogP contribution in [0, 0.1) is 0 Å². The van der Waals surface area contributed by atoms with Gasteiger partial charge in [-0.3, -0.25) is 9.88 Å². The quantitative estimate of drug-likeness (QED) is 0.741. The summed E-state index contributed by atoms with van der Waals surface area (Å²) in [5.41, 5.74) is 8.94. The van der Waals surface area contributed by atoms with E-state index in [1.54, 1.807) is 12.3 Å². The number of pyridine rings is 2. The smallest absolute Gasteiger partial charge is 0.354 e. The molecule has 1 fully saturated rings. The van der Waals surface area contributed by atoms with Crippen LogP contribution in [0.25, 0.3) is 10.9 Å². The zero-order valence-electron chi connectivity index (χ0n) is 15.0. The molecule has 6 nitrogen and oxygen atoms in total. The van der Waals surface area contributed by atoms with E-state index in [1.165, 1.54) is 0 Å². The SMILES string of the molecule is NC1(c2ccccn2)CCN(Cc2cc(C(=O)O)nc3ccccc23)CC1. The fraction of sp³-hybridized carbons (Fsp3) is 0.286. The Bertz CT molecular complexity index is 966. The van der Waals surface area contributed by atoms with Crippen LogP contribution in [0.3, 0.4) is 0 Å². The summed E-state index contributed by atoms with van der Waals surface area (Å²) in [4.78, 5) is 22.4. The number of aromatic carboxylic acids is 1. The molecule has 4 rings (SSSR count). The van der Waals surface area contributed by atoms with E-state index in [9.17, 15) is 9.90 Å². The molecule has 0 unspecified atom stereocenters. The van der Waals surface area contributed by atoms with Crippen LogP contribution in [-0.4, -0.2) is 39.0 Å². The van der Waals surface area contributed by atoms with Gasteiger partial charge in [-0.2, -0.15) is 0 Å². The molecule has 3 heterocycles. The lowest BCUT2D eigenvalue weighted by molar-refractivity contribution is 0.0690. The van der Waals surface area contributed by atoms with Gasteiger partial charge in [-0.25, -0.2) is 9.78 Å². The van der Waals surface area contributed by atoms with Crippen LogP contribution < -0.4 is 5.73 Å². The summed E-state index contributed by atoms with van der Waals surface area (Å²) in [5, 5.41) is 10.4. The third-order valence-electron chi connectivity index (χ3n) is 5.34. The zero-order chi connectivity index (χ0) is 18.9. The number of likely N-dealkylation sites (tertiary alicyclic amines) is 1. The maximum absolute atomic E-state index is 11.4. The van der Waals surface area contributed by atoms with Gasteiger partial charge >= 0.3 is 5.97 Å². The molecule has 3 N–H and O–H groups in total. The molecule has 0 aliphatic carbocycles. The summed E-state index contributed by atoms with van der Waals surface area (Å²) in [5.74, 6) is -1.00. The molecule has 0 amide bonds. The number of aromatic nitrogens is 2. The predicted molar refractivity (Wildman–Crippen MR) is 103 cm³/mol. The first-order valence-corrected chi connectivity index (χ1v) is 9.10. The maximum atomic E-state index is 11.4. The number of benzene rings is 1. The van der Waals surface area contributed by atoms with Crippen LogP contribution in [0.4, 0.5) is 0 Å². The Labute approximate surface area is 157 Å². The van der Waals surface area contributed by atoms with Crippen molar-refractivity contribution in [2.75, 3.05) is 13.1 Å². The largest absolute Gasteiger partial charge is 0.477 e. The topological polar surface area (TPSA) is 92.3 Å². The highest BCUT2D eigenvalue weighted by Crippen LogP contribution is 2.30. The number of hydrogen-bond donors (Lipinski definition) is 2. The number of nitrogens with two attached hydrogens (primary N) is 1. The summed E-state index contributed by atoms with van der Waals surface area (Å²) >= 11 is 0. The number of carboxylic acid groups (broad SMARTS) is 1. The van der Waals surface area contributed by atoms with Gasteiger partial charge in [0.1, 0.15) is 5.69 Å². The number of fused-ring (bicyclic) bond motifs is 1. The number of carbonyl (C=O) groups is 1. The molecular formula is C21H22N4O2. The predicted octanol–water partition coefficient (Wildman–Crippen LogP) is 2.78. The van der Waals surface area contributed by atoms with Gasteiger partial charge in [0.15, 0.2) is 0 Å². The number of rotatable bonds is 4. The van der Waals surface area contributed by atoms with E-state index < -0.39 is 11.5 Å². The molecule has 27 heavy (non-hydrogen) atoms. The Morgan fingerprint density at radius 2 is 1.89 bits per heavy atom. The van der Waals surface area contributed by atoms with Crippen molar-refractivity contribution in [3.05, 3.63) is 71.7 Å². The van der Waals surface area contributed by atoms with Crippen LogP contribution in [0.5, 0.6) is 0 Å². The van der Waals surface area contributed by atoms with Gasteiger partial charge in [-0.15, -0.1) is 0 Å². The minimum absolute atomic E-state index is 0.0855. The summed E-state index contributed by atoms with van der Waals surface area (Å²) in [7, 11) is 0. The van der Waals surface area contributed by atoms with Crippen molar-refractivity contribution in [2.24, 2.45) is 5.73 Å². The molecule has 1 aliphatic heterocycles. The minimum Gasteiger partial charge on any atom is -0.477 e. The number of piperidine rings is 1. The van der Waals surface area contributed by atoms with Crippen molar-refractivity contribution in [3.8, 4) is 0 Å². The van der Waals surface area contributed by atoms with Crippen molar-refractivity contribution in [1.29, 1.82) is 0 Å². The fourth-order valence-corrected chi connectivity index (χ4v) is 3.75. The monoisotopic (exact) mass is 362 g/mol. The van der Waals surface area contributed by atoms with Crippen LogP contribution in [-0.2, 0) is 12.1 Å². The summed E-state index contributed by atoms with van der Waals surface area (Å²) in [6.07, 6.45) is 3.42. The van der Waals surface area contributed by atoms with E-state index in [-0.39, 0.29) is 5.69 Å². The van der Waals surface area contributed by atoms with Crippen molar-refractivity contribution >= 4 is 16.9 Å². The molecular weight excluding hydrogens is 340 g/mol. The van der Waals surface area contributed by atoms with Crippen LogP contribution in [0.15, 0.2) is 54.7 Å². The Morgan fingerprint density at radius 1 is 1.15 bits per heavy atom. The molecule has 0 saturated carbocycles. The van der Waals surface area contributed by atoms with Crippen molar-refractivity contribution in [3.63, 3.8) is 0 Å². The third-order valence-corrected chi connectivity index (χ3v) is 5.34. The number of para-hydroxylation sites is 1. The van der Waals surface area contributed by atoms with E-state index in [1.807, 2.05) is 42.5 Å². The summed E-state index contributed by atoms with van der Waals surface area (Å²) in [6.45, 7) is 2.36. The number of hydrogen-bond acceptors (Lipinski definition) is 5. The van der Waals surface area contributed by atoms with Gasteiger partial charge in [0, 0.05) is 31.2 Å². The molecule has 1 aromatic carbocycles. The second-order valence-electron chi connectivity index (χ2n) is 7.14. The molecule has 2 aromatic heterocycles. The van der Waals surface area contributed by atoms with Crippen LogP contribution >= 0.6 is 0 Å². The number of carboxylic acids is 1. The molecule has 0 atom stereocenters. The Balaban J connectivity index is 1.55. The van der Waals surface area contributed by atoms with Crippen molar-refractivity contribution in [1.82, 2.24) is 14.9 Å². The lowest BCUT2D eigenvalue weighted by atomic mass is 9.85. The second kappa shape index (κ2) is 7.06. The number of nitrogens with zero attached hydrogens (tertiary/aromatic N) is 3. The van der Waals surface area contributed by atoms with Crippen LogP contribution in [0.1, 0.15) is 34.6 Å². The molecule has 0 bridgehead atoms. The highest BCUT2D eigenvalue weighted by molar-refractivity contribution is 5.91. The minimum atomic E-state index is -1.00. The standard InChI is InChI=1S/C21H22N4O2/c22-21(19-7-3-4-10-23-19)8-11-25(12-9-21)14-15-13-18(20(26)27)24-17-6-2-1-5-16(15)17/h1-7,10,13H,8-9,11-12,14,22H2,(H,26,27). The van der Waals surface area contributed by atoms with Crippen molar-refractivity contribution in [2.45, 2.75) is 24.9 Å². The van der Waals surface area contributed by atoms with Gasteiger partial charge in [0.2, 0.25) is 0 Å². The second-order valence-corrected chi connectivity index (χ2v) is 7.14. The molecule has 138 valence electrons. The van der Waals surface area contributed by atoms with E-state index in [4.69, 9.17) is 5.73 Å². The summed E-state index contributed by atoms with van der Waals surface area (Å²) in [6, 6.07) is 15.2. The first kappa shape index (κ1) is 17.6. The van der Waals surface area contributed by atoms with E-state index in [2.05, 4.69) is 14.9 Å². The molecule has 1 saturated heterocycles. The van der Waals surface area contributed by atoms with E-state index >= 15 is 0 Å². The fourth-order valence-electron chi connectivity index (χ4n) is 3.75. The molecule has 1 aliphatic rings. The normalized spacial score (nSPS) is 17.1. The van der Waals surface area contributed by atoms with Crippen molar-refractivity contribution < 1.29 is 9.90 Å². The molecule has 0 radical (unpaired) electrons. The van der Waals surface area contributed by atoms with E-state index in [0.29, 0.717) is 12.1 Å². The lowest BCUT2D eigenvalue weighted by Gasteiger charge is -2.39. The van der Waals surface area contributed by atoms with Gasteiger partial charge in [-0.05, 0) is 42.7 Å². The van der Waals surface area contributed by atoms with Gasteiger partial charge in [0.25, 0.3) is 0 Å². The average Bonchev–Trinajstić information content (AvgIpc) is 2.70. The van der Waals surface area contributed by atoms with Crippen LogP contribution in [0.2, 0.25) is 0 Å². The first-order chi connectivity index (χ1) is 13.0. The van der Waals surface area contributed by atoms with E-state index in [0.717, 1.165) is 42.6 Å². The van der Waals surface area contributed by atoms with Gasteiger partial charge in [0.05, 0.1) is 16.7 Å². The average molecular weight is 362 g/mol. The van der Waals surface area contributed by atoms with Gasteiger partial charge in [-0.1, -0.05) is 24.3 Å². The Morgan fingerprint density at radius 3 is 2.59 bits per heavy atom. The lowest BCUT2D eigenvalue weighted by Crippen LogP contribution is -2.48. The first-order valence-electron chi connectivity index (χ1n) is 9.10. The third kappa shape index (κ3) is 3.54. The Hall–Kier alpha value is -2.83. The highest BCUT2D eigenvalue weighted by atomic mass is 16.4. The maximum Gasteiger partial charge on any atom is 0.354 e. The molecule has 3 aromatic rings. The molecule has 6 heteroatoms. The zero-order valence-corrected chi connectivity index (χ0v) is 15.0. The Kier molecular flexibility index (Phi) is 4.59. The summed E-state index contributed by atoms with van der Waals surface area (Å²) < 4.78 is 0. The molecule has 0 spiro atoms. The highest BCUT2D eigenvalue weighted by Gasteiger charge is 2.33.